The number of piperidine rings is 1. The molecule has 0 aliphatic carbocycles. The van der Waals surface area contributed by atoms with Gasteiger partial charge in [0, 0.05) is 26.2 Å². The number of nitrogens with zero attached hydrogens (tertiary/aromatic N) is 2. The molecule has 0 spiro atoms. The van der Waals surface area contributed by atoms with Gasteiger partial charge in [-0.1, -0.05) is 6.07 Å². The first kappa shape index (κ1) is 21.6. The minimum atomic E-state index is -0.582. The largest absolute Gasteiger partial charge is 0.444 e. The van der Waals surface area contributed by atoms with Crippen molar-refractivity contribution in [1.29, 1.82) is 0 Å². The van der Waals surface area contributed by atoms with E-state index in [4.69, 9.17) is 4.74 Å². The van der Waals surface area contributed by atoms with Crippen molar-refractivity contribution in [3.8, 4) is 0 Å². The average Bonchev–Trinajstić information content (AvgIpc) is 3.36. The molecule has 2 aliphatic heterocycles. The van der Waals surface area contributed by atoms with E-state index in [0.717, 1.165) is 30.7 Å². The summed E-state index contributed by atoms with van der Waals surface area (Å²) in [5.41, 5.74) is -0.582. The number of carbonyl (C=O) groups excluding carboxylic acids is 3. The Bertz CT molecular complexity index is 729. The lowest BCUT2D eigenvalue weighted by molar-refractivity contribution is -0.125. The third-order valence-corrected chi connectivity index (χ3v) is 6.14. The summed E-state index contributed by atoms with van der Waals surface area (Å²) in [5.74, 6) is 0.172. The van der Waals surface area contributed by atoms with Gasteiger partial charge in [0.1, 0.15) is 11.6 Å². The Balaban J connectivity index is 1.50. The first-order valence-electron chi connectivity index (χ1n) is 10.3. The molecule has 3 heterocycles. The molecule has 2 fully saturated rings. The van der Waals surface area contributed by atoms with Crippen LogP contribution in [0.5, 0.6) is 0 Å². The number of hydrogen-bond acceptors (Lipinski definition) is 5. The van der Waals surface area contributed by atoms with Crippen molar-refractivity contribution >= 4 is 29.2 Å². The van der Waals surface area contributed by atoms with E-state index >= 15 is 0 Å². The zero-order valence-corrected chi connectivity index (χ0v) is 18.3. The van der Waals surface area contributed by atoms with Crippen molar-refractivity contribution in [3.05, 3.63) is 22.4 Å². The lowest BCUT2D eigenvalue weighted by Crippen LogP contribution is -2.49. The van der Waals surface area contributed by atoms with Gasteiger partial charge in [0.15, 0.2) is 0 Å². The third kappa shape index (κ3) is 5.72. The van der Waals surface area contributed by atoms with Gasteiger partial charge in [-0.15, -0.1) is 11.3 Å². The van der Waals surface area contributed by atoms with Crippen molar-refractivity contribution in [2.24, 2.45) is 5.92 Å². The van der Waals surface area contributed by atoms with Gasteiger partial charge < -0.3 is 15.0 Å². The molecule has 3 rings (SSSR count). The summed E-state index contributed by atoms with van der Waals surface area (Å²) >= 11 is 1.46. The van der Waals surface area contributed by atoms with Crippen LogP contribution in [0.1, 0.15) is 56.1 Å². The maximum atomic E-state index is 12.7. The molecule has 2 unspecified atom stereocenters. The molecule has 29 heavy (non-hydrogen) atoms. The molecule has 7 nitrogen and oxygen atoms in total. The molecular formula is C21H31N3O4S. The first-order chi connectivity index (χ1) is 13.7. The summed E-state index contributed by atoms with van der Waals surface area (Å²) in [4.78, 5) is 41.9. The fourth-order valence-electron chi connectivity index (χ4n) is 3.91. The molecular weight excluding hydrogens is 390 g/mol. The minimum absolute atomic E-state index is 0.0721. The van der Waals surface area contributed by atoms with Crippen LogP contribution in [0.2, 0.25) is 0 Å². The van der Waals surface area contributed by atoms with E-state index in [9.17, 15) is 14.4 Å². The Labute approximate surface area is 176 Å². The molecule has 1 aromatic rings. The second kappa shape index (κ2) is 9.15. The number of carbonyl (C=O) groups is 3. The van der Waals surface area contributed by atoms with Crippen LogP contribution >= 0.6 is 11.3 Å². The minimum Gasteiger partial charge on any atom is -0.444 e. The van der Waals surface area contributed by atoms with Crippen LogP contribution in [0.4, 0.5) is 4.79 Å². The Morgan fingerprint density at radius 1 is 1.21 bits per heavy atom. The molecule has 0 aromatic carbocycles. The third-order valence-electron chi connectivity index (χ3n) is 5.29. The maximum Gasteiger partial charge on any atom is 0.410 e. The summed E-state index contributed by atoms with van der Waals surface area (Å²) in [7, 11) is 0. The average molecular weight is 422 g/mol. The standard InChI is InChI=1S/C21H31N3O4S/c1-21(2,3)28-20(27)24-11-5-8-16(24)18(25)22-13-15-7-4-10-23(14-15)19(26)17-9-6-12-29-17/h6,9,12,15-16H,4-5,7-8,10-11,13-14H2,1-3H3,(H,22,25). The van der Waals surface area contributed by atoms with E-state index in [1.54, 1.807) is 0 Å². The van der Waals surface area contributed by atoms with Crippen molar-refractivity contribution < 1.29 is 19.1 Å². The van der Waals surface area contributed by atoms with Crippen LogP contribution in [0.3, 0.4) is 0 Å². The molecule has 0 saturated carbocycles. The van der Waals surface area contributed by atoms with E-state index in [0.29, 0.717) is 26.1 Å². The van der Waals surface area contributed by atoms with Crippen LogP contribution in [-0.2, 0) is 9.53 Å². The van der Waals surface area contributed by atoms with Crippen LogP contribution in [0.25, 0.3) is 0 Å². The van der Waals surface area contributed by atoms with Crippen LogP contribution in [0.15, 0.2) is 17.5 Å². The Kier molecular flexibility index (Phi) is 6.82. The zero-order chi connectivity index (χ0) is 21.0. The van der Waals surface area contributed by atoms with Gasteiger partial charge >= 0.3 is 6.09 Å². The predicted molar refractivity (Wildman–Crippen MR) is 112 cm³/mol. The lowest BCUT2D eigenvalue weighted by Gasteiger charge is -2.33. The van der Waals surface area contributed by atoms with Crippen molar-refractivity contribution in [1.82, 2.24) is 15.1 Å². The highest BCUT2D eigenvalue weighted by molar-refractivity contribution is 7.12. The van der Waals surface area contributed by atoms with E-state index in [1.807, 2.05) is 43.2 Å². The summed E-state index contributed by atoms with van der Waals surface area (Å²) in [5, 5.41) is 4.92. The van der Waals surface area contributed by atoms with Gasteiger partial charge in [-0.3, -0.25) is 14.5 Å². The van der Waals surface area contributed by atoms with E-state index < -0.39 is 17.7 Å². The zero-order valence-electron chi connectivity index (χ0n) is 17.5. The second-order valence-electron chi connectivity index (χ2n) is 8.81. The number of likely N-dealkylation sites (tertiary alicyclic amines) is 2. The highest BCUT2D eigenvalue weighted by Gasteiger charge is 2.37. The van der Waals surface area contributed by atoms with Crippen LogP contribution < -0.4 is 5.32 Å². The van der Waals surface area contributed by atoms with Gasteiger partial charge in [-0.05, 0) is 63.8 Å². The highest BCUT2D eigenvalue weighted by atomic mass is 32.1. The van der Waals surface area contributed by atoms with Crippen molar-refractivity contribution in [3.63, 3.8) is 0 Å². The molecule has 160 valence electrons. The monoisotopic (exact) mass is 421 g/mol. The van der Waals surface area contributed by atoms with Crippen LogP contribution in [-0.4, -0.2) is 65.5 Å². The van der Waals surface area contributed by atoms with Crippen molar-refractivity contribution in [2.75, 3.05) is 26.2 Å². The normalized spacial score (nSPS) is 22.4. The number of thiophene rings is 1. The summed E-state index contributed by atoms with van der Waals surface area (Å²) in [6, 6.07) is 3.26. The quantitative estimate of drug-likeness (QED) is 0.810. The Morgan fingerprint density at radius 3 is 2.66 bits per heavy atom. The van der Waals surface area contributed by atoms with Crippen LogP contribution in [0, 0.1) is 5.92 Å². The number of nitrogens with one attached hydrogen (secondary N) is 1. The van der Waals surface area contributed by atoms with Gasteiger partial charge in [-0.25, -0.2) is 4.79 Å². The molecule has 2 atom stereocenters. The summed E-state index contributed by atoms with van der Waals surface area (Å²) in [6.45, 7) is 7.94. The predicted octanol–water partition coefficient (Wildman–Crippen LogP) is 3.12. The Morgan fingerprint density at radius 2 is 1.97 bits per heavy atom. The van der Waals surface area contributed by atoms with Crippen molar-refractivity contribution in [2.45, 2.75) is 58.1 Å². The van der Waals surface area contributed by atoms with E-state index in [2.05, 4.69) is 5.32 Å². The molecule has 8 heteroatoms. The molecule has 0 radical (unpaired) electrons. The van der Waals surface area contributed by atoms with Gasteiger partial charge in [0.05, 0.1) is 4.88 Å². The topological polar surface area (TPSA) is 79.0 Å². The van der Waals surface area contributed by atoms with E-state index in [1.165, 1.54) is 16.2 Å². The van der Waals surface area contributed by atoms with E-state index in [-0.39, 0.29) is 17.7 Å². The number of hydrogen-bond donors (Lipinski definition) is 1. The molecule has 1 aromatic heterocycles. The lowest BCUT2D eigenvalue weighted by atomic mass is 9.97. The fourth-order valence-corrected chi connectivity index (χ4v) is 4.60. The Hall–Kier alpha value is -2.09. The fraction of sp³-hybridized carbons (Fsp3) is 0.667. The second-order valence-corrected chi connectivity index (χ2v) is 9.76. The number of ether oxygens (including phenoxy) is 1. The first-order valence-corrected chi connectivity index (χ1v) is 11.2. The summed E-state index contributed by atoms with van der Waals surface area (Å²) in [6.07, 6.45) is 2.93. The molecule has 0 bridgehead atoms. The highest BCUT2D eigenvalue weighted by Crippen LogP contribution is 2.22. The van der Waals surface area contributed by atoms with Gasteiger partial charge in [0.2, 0.25) is 5.91 Å². The number of rotatable bonds is 4. The molecule has 3 amide bonds. The maximum absolute atomic E-state index is 12.7. The summed E-state index contributed by atoms with van der Waals surface area (Å²) < 4.78 is 5.44. The molecule has 2 aliphatic rings. The number of amides is 3. The molecule has 2 saturated heterocycles. The smallest absolute Gasteiger partial charge is 0.410 e. The molecule has 1 N–H and O–H groups in total. The van der Waals surface area contributed by atoms with Gasteiger partial charge in [-0.2, -0.15) is 0 Å². The SMILES string of the molecule is CC(C)(C)OC(=O)N1CCCC1C(=O)NCC1CCCN(C(=O)c2cccs2)C1. The van der Waals surface area contributed by atoms with Gasteiger partial charge in [0.25, 0.3) is 5.91 Å².